The molecule has 1 aliphatic heterocycles. The van der Waals surface area contributed by atoms with Crippen LogP contribution in [-0.2, 0) is 4.79 Å². The van der Waals surface area contributed by atoms with Crippen LogP contribution in [0.2, 0.25) is 0 Å². The first-order valence-electron chi connectivity index (χ1n) is 5.09. The number of hydrogen-bond donors (Lipinski definition) is 1. The Morgan fingerprint density at radius 3 is 3.07 bits per heavy atom. The van der Waals surface area contributed by atoms with Gasteiger partial charge in [-0.1, -0.05) is 6.07 Å². The Labute approximate surface area is 89.1 Å². The zero-order valence-corrected chi connectivity index (χ0v) is 8.76. The number of carbonyl (C=O) groups is 1. The third-order valence-corrected chi connectivity index (χ3v) is 3.02. The van der Waals surface area contributed by atoms with Crippen molar-refractivity contribution < 1.29 is 4.79 Å². The van der Waals surface area contributed by atoms with Crippen LogP contribution < -0.4 is 5.73 Å². The molecule has 1 aromatic heterocycles. The molecule has 4 heteroatoms. The Balaban J connectivity index is 2.30. The van der Waals surface area contributed by atoms with E-state index in [0.717, 1.165) is 5.56 Å². The molecular weight excluding hydrogens is 190 g/mol. The molecule has 15 heavy (non-hydrogen) atoms. The molecule has 2 N–H and O–H groups in total. The first kappa shape index (κ1) is 10.1. The number of carbonyl (C=O) groups excluding carboxylic acids is 1. The molecule has 0 spiro atoms. The predicted octanol–water partition coefficient (Wildman–Crippen LogP) is 0.560. The van der Waals surface area contributed by atoms with Crippen LogP contribution in [-0.4, -0.2) is 29.4 Å². The Morgan fingerprint density at radius 2 is 2.47 bits per heavy atom. The summed E-state index contributed by atoms with van der Waals surface area (Å²) in [5, 5.41) is 0. The van der Waals surface area contributed by atoms with Gasteiger partial charge in [-0.05, 0) is 18.2 Å². The van der Waals surface area contributed by atoms with Crippen molar-refractivity contribution in [3.63, 3.8) is 0 Å². The van der Waals surface area contributed by atoms with Crippen LogP contribution >= 0.6 is 0 Å². The molecular formula is C11H15N3O. The lowest BCUT2D eigenvalue weighted by Crippen LogP contribution is -2.26. The molecule has 2 heterocycles. The molecule has 4 nitrogen and oxygen atoms in total. The fourth-order valence-corrected chi connectivity index (χ4v) is 2.21. The highest BCUT2D eigenvalue weighted by molar-refractivity contribution is 5.79. The number of hydrogen-bond acceptors (Lipinski definition) is 3. The summed E-state index contributed by atoms with van der Waals surface area (Å²) in [6.07, 6.45) is 4.09. The lowest BCUT2D eigenvalue weighted by atomic mass is 9.95. The summed E-state index contributed by atoms with van der Waals surface area (Å²) in [5.41, 5.74) is 6.76. The number of aromatic nitrogens is 1. The number of pyridine rings is 1. The maximum absolute atomic E-state index is 11.6. The second-order valence-electron chi connectivity index (χ2n) is 3.94. The van der Waals surface area contributed by atoms with Crippen LogP contribution in [0.5, 0.6) is 0 Å². The molecule has 0 unspecified atom stereocenters. The molecule has 2 rings (SSSR count). The van der Waals surface area contributed by atoms with Gasteiger partial charge in [0.15, 0.2) is 0 Å². The van der Waals surface area contributed by atoms with Gasteiger partial charge in [-0.3, -0.25) is 9.78 Å². The summed E-state index contributed by atoms with van der Waals surface area (Å²) in [6.45, 7) is 0.537. The molecule has 1 aromatic rings. The Hall–Kier alpha value is -1.42. The number of likely N-dealkylation sites (tertiary alicyclic amines) is 1. The van der Waals surface area contributed by atoms with Crippen molar-refractivity contribution >= 4 is 5.91 Å². The molecule has 0 saturated carbocycles. The smallest absolute Gasteiger partial charge is 0.223 e. The van der Waals surface area contributed by atoms with Crippen LogP contribution in [0.3, 0.4) is 0 Å². The van der Waals surface area contributed by atoms with Crippen LogP contribution in [0.1, 0.15) is 18.0 Å². The van der Waals surface area contributed by atoms with E-state index >= 15 is 0 Å². The van der Waals surface area contributed by atoms with Crippen molar-refractivity contribution in [3.8, 4) is 0 Å². The normalized spacial score (nSPS) is 26.0. The van der Waals surface area contributed by atoms with E-state index in [1.54, 1.807) is 11.1 Å². The van der Waals surface area contributed by atoms with E-state index in [-0.39, 0.29) is 17.9 Å². The second-order valence-corrected chi connectivity index (χ2v) is 3.94. The van der Waals surface area contributed by atoms with Crippen molar-refractivity contribution in [2.45, 2.75) is 12.5 Å². The average Bonchev–Trinajstić information content (AvgIpc) is 2.56. The number of nitrogens with two attached hydrogens (primary N) is 1. The Kier molecular flexibility index (Phi) is 2.68. The lowest BCUT2D eigenvalue weighted by molar-refractivity contribution is -0.127. The Bertz CT molecular complexity index is 352. The van der Waals surface area contributed by atoms with Gasteiger partial charge >= 0.3 is 0 Å². The molecule has 2 atom stereocenters. The van der Waals surface area contributed by atoms with Gasteiger partial charge in [-0.25, -0.2) is 0 Å². The van der Waals surface area contributed by atoms with Gasteiger partial charge in [0.1, 0.15) is 0 Å². The van der Waals surface area contributed by atoms with Gasteiger partial charge < -0.3 is 10.6 Å². The van der Waals surface area contributed by atoms with Gasteiger partial charge in [0.05, 0.1) is 6.04 Å². The molecule has 1 fully saturated rings. The monoisotopic (exact) mass is 205 g/mol. The van der Waals surface area contributed by atoms with Crippen LogP contribution in [0.25, 0.3) is 0 Å². The fraction of sp³-hybridized carbons (Fsp3) is 0.455. The van der Waals surface area contributed by atoms with E-state index in [0.29, 0.717) is 13.0 Å². The van der Waals surface area contributed by atoms with Gasteiger partial charge in [0.2, 0.25) is 5.91 Å². The minimum atomic E-state index is 0.0937. The van der Waals surface area contributed by atoms with Crippen LogP contribution in [0.15, 0.2) is 24.5 Å². The lowest BCUT2D eigenvalue weighted by Gasteiger charge is -2.24. The molecule has 1 saturated heterocycles. The summed E-state index contributed by atoms with van der Waals surface area (Å²) in [5.74, 6) is 0.381. The molecule has 1 aliphatic rings. The first-order chi connectivity index (χ1) is 7.24. The van der Waals surface area contributed by atoms with E-state index in [1.807, 2.05) is 25.4 Å². The Morgan fingerprint density at radius 1 is 1.67 bits per heavy atom. The van der Waals surface area contributed by atoms with Gasteiger partial charge in [-0.2, -0.15) is 0 Å². The number of amides is 1. The van der Waals surface area contributed by atoms with Crippen molar-refractivity contribution in [2.75, 3.05) is 13.6 Å². The van der Waals surface area contributed by atoms with Crippen molar-refractivity contribution in [3.05, 3.63) is 30.1 Å². The number of rotatable bonds is 2. The van der Waals surface area contributed by atoms with Gasteiger partial charge in [0, 0.05) is 31.8 Å². The van der Waals surface area contributed by atoms with Crippen LogP contribution in [0, 0.1) is 5.92 Å². The van der Waals surface area contributed by atoms with E-state index in [4.69, 9.17) is 5.73 Å². The third-order valence-electron chi connectivity index (χ3n) is 3.02. The van der Waals surface area contributed by atoms with Crippen LogP contribution in [0.4, 0.5) is 0 Å². The highest BCUT2D eigenvalue weighted by Gasteiger charge is 2.37. The van der Waals surface area contributed by atoms with E-state index < -0.39 is 0 Å². The third kappa shape index (κ3) is 1.72. The summed E-state index contributed by atoms with van der Waals surface area (Å²) in [4.78, 5) is 17.4. The summed E-state index contributed by atoms with van der Waals surface area (Å²) in [6, 6.07) is 3.98. The maximum Gasteiger partial charge on any atom is 0.223 e. The van der Waals surface area contributed by atoms with Gasteiger partial charge in [-0.15, -0.1) is 0 Å². The predicted molar refractivity (Wildman–Crippen MR) is 56.9 cm³/mol. The van der Waals surface area contributed by atoms with Crippen molar-refractivity contribution in [2.24, 2.45) is 11.7 Å². The molecule has 80 valence electrons. The van der Waals surface area contributed by atoms with E-state index in [1.165, 1.54) is 0 Å². The largest absolute Gasteiger partial charge is 0.338 e. The highest BCUT2D eigenvalue weighted by atomic mass is 16.2. The SMILES string of the molecule is CN1C(=O)C[C@H](CN)[C@@H]1c1cccnc1. The molecule has 0 aromatic carbocycles. The van der Waals surface area contributed by atoms with Gasteiger partial charge in [0.25, 0.3) is 0 Å². The van der Waals surface area contributed by atoms with E-state index in [2.05, 4.69) is 4.98 Å². The fourth-order valence-electron chi connectivity index (χ4n) is 2.21. The summed E-state index contributed by atoms with van der Waals surface area (Å²) >= 11 is 0. The highest BCUT2D eigenvalue weighted by Crippen LogP contribution is 2.35. The molecule has 1 amide bonds. The molecule has 0 bridgehead atoms. The quantitative estimate of drug-likeness (QED) is 0.767. The topological polar surface area (TPSA) is 59.2 Å². The minimum Gasteiger partial charge on any atom is -0.338 e. The van der Waals surface area contributed by atoms with Crippen molar-refractivity contribution in [1.29, 1.82) is 0 Å². The zero-order valence-electron chi connectivity index (χ0n) is 8.76. The average molecular weight is 205 g/mol. The summed E-state index contributed by atoms with van der Waals surface area (Å²) < 4.78 is 0. The summed E-state index contributed by atoms with van der Waals surface area (Å²) in [7, 11) is 1.83. The maximum atomic E-state index is 11.6. The van der Waals surface area contributed by atoms with E-state index in [9.17, 15) is 4.79 Å². The minimum absolute atomic E-state index is 0.0937. The number of nitrogens with zero attached hydrogens (tertiary/aromatic N) is 2. The molecule has 0 aliphatic carbocycles. The first-order valence-corrected chi connectivity index (χ1v) is 5.09. The van der Waals surface area contributed by atoms with Crippen molar-refractivity contribution in [1.82, 2.24) is 9.88 Å². The zero-order chi connectivity index (χ0) is 10.8. The second kappa shape index (κ2) is 3.98. The standard InChI is InChI=1S/C11H15N3O/c1-14-10(15)5-9(6-12)11(14)8-3-2-4-13-7-8/h2-4,7,9,11H,5-6,12H2,1H3/t9-,11+/m1/s1. The molecule has 0 radical (unpaired) electrons.